The Bertz CT molecular complexity index is 1140. The highest BCUT2D eigenvalue weighted by atomic mass is 32.1. The monoisotopic (exact) mass is 426 g/mol. The van der Waals surface area contributed by atoms with Crippen molar-refractivity contribution in [1.29, 1.82) is 0 Å². The summed E-state index contributed by atoms with van der Waals surface area (Å²) in [5.41, 5.74) is 1.21. The summed E-state index contributed by atoms with van der Waals surface area (Å²) < 4.78 is 17.9. The maximum atomic E-state index is 12.3. The number of aromatic nitrogens is 2. The number of carbonyl (C=O) groups excluding carboxylic acids is 1. The number of hydrogen-bond acceptors (Lipinski definition) is 8. The molecule has 1 aromatic carbocycles. The second kappa shape index (κ2) is 8.68. The molecular formula is C21H22N4O4S. The van der Waals surface area contributed by atoms with Crippen LogP contribution in [0.2, 0.25) is 0 Å². The Morgan fingerprint density at radius 1 is 1.20 bits per heavy atom. The molecule has 0 aliphatic rings. The highest BCUT2D eigenvalue weighted by Crippen LogP contribution is 2.34. The highest BCUT2D eigenvalue weighted by molar-refractivity contribution is 7.20. The summed E-state index contributed by atoms with van der Waals surface area (Å²) in [5.74, 6) is 0.958. The lowest BCUT2D eigenvalue weighted by Crippen LogP contribution is -2.32. The van der Waals surface area contributed by atoms with Gasteiger partial charge in [0.25, 0.3) is 5.19 Å². The molecule has 3 heterocycles. The Labute approximate surface area is 177 Å². The largest absolute Gasteiger partial charge is 0.460 e. The van der Waals surface area contributed by atoms with Crippen LogP contribution in [0.4, 0.5) is 4.79 Å². The van der Waals surface area contributed by atoms with E-state index in [1.165, 1.54) is 17.6 Å². The fourth-order valence-corrected chi connectivity index (χ4v) is 3.70. The molecule has 0 radical (unpaired) electrons. The first-order valence-corrected chi connectivity index (χ1v) is 10.3. The van der Waals surface area contributed by atoms with E-state index in [0.717, 1.165) is 17.7 Å². The molecule has 0 fully saturated rings. The molecule has 30 heavy (non-hydrogen) atoms. The number of benzene rings is 1. The number of nitrogens with zero attached hydrogens (tertiary/aromatic N) is 4. The highest BCUT2D eigenvalue weighted by Gasteiger charge is 2.16. The van der Waals surface area contributed by atoms with Gasteiger partial charge in [-0.05, 0) is 51.3 Å². The SMILES string of the molecule is CN(C)CCCN(C)C(=O)Oc1coc2cc(Oc3nc4ncccc4s3)ccc12. The van der Waals surface area contributed by atoms with Crippen LogP contribution < -0.4 is 9.47 Å². The average Bonchev–Trinajstić information content (AvgIpc) is 3.30. The number of carbonyl (C=O) groups is 1. The molecule has 0 spiro atoms. The Kier molecular flexibility index (Phi) is 5.82. The van der Waals surface area contributed by atoms with Crippen LogP contribution in [0.3, 0.4) is 0 Å². The van der Waals surface area contributed by atoms with Crippen molar-refractivity contribution in [3.63, 3.8) is 0 Å². The molecule has 156 valence electrons. The predicted octanol–water partition coefficient (Wildman–Crippen LogP) is 4.61. The Morgan fingerprint density at radius 2 is 2.07 bits per heavy atom. The lowest BCUT2D eigenvalue weighted by atomic mass is 10.2. The third-order valence-electron chi connectivity index (χ3n) is 4.47. The van der Waals surface area contributed by atoms with Crippen molar-refractivity contribution in [2.75, 3.05) is 34.2 Å². The molecule has 1 amide bonds. The fraction of sp³-hybridized carbons (Fsp3) is 0.286. The van der Waals surface area contributed by atoms with Crippen LogP contribution in [0.1, 0.15) is 6.42 Å². The third kappa shape index (κ3) is 4.52. The zero-order valence-corrected chi connectivity index (χ0v) is 17.8. The molecule has 8 nitrogen and oxygen atoms in total. The van der Waals surface area contributed by atoms with Gasteiger partial charge in [-0.3, -0.25) is 0 Å². The summed E-state index contributed by atoms with van der Waals surface area (Å²) in [5, 5.41) is 1.20. The smallest absolute Gasteiger partial charge is 0.415 e. The standard InChI is InChI=1S/C21H22N4O4S/c1-24(2)10-5-11-25(3)21(26)29-17-13-27-16-12-14(7-8-15(16)17)28-20-23-19-18(30-20)6-4-9-22-19/h4,6-9,12-13H,5,10-11H2,1-3H3. The lowest BCUT2D eigenvalue weighted by Gasteiger charge is -2.17. The van der Waals surface area contributed by atoms with Crippen molar-refractivity contribution < 1.29 is 18.7 Å². The van der Waals surface area contributed by atoms with Crippen molar-refractivity contribution in [1.82, 2.24) is 19.8 Å². The first-order valence-electron chi connectivity index (χ1n) is 9.48. The first-order chi connectivity index (χ1) is 14.5. The summed E-state index contributed by atoms with van der Waals surface area (Å²) >= 11 is 1.42. The zero-order valence-electron chi connectivity index (χ0n) is 17.0. The number of thiazole rings is 1. The Hall–Kier alpha value is -3.17. The second-order valence-corrected chi connectivity index (χ2v) is 8.10. The quantitative estimate of drug-likeness (QED) is 0.427. The van der Waals surface area contributed by atoms with Gasteiger partial charge in [-0.15, -0.1) is 0 Å². The van der Waals surface area contributed by atoms with Gasteiger partial charge in [0.05, 0.1) is 10.1 Å². The van der Waals surface area contributed by atoms with Crippen LogP contribution >= 0.6 is 11.3 Å². The molecule has 4 aromatic rings. The molecule has 0 aliphatic heterocycles. The van der Waals surface area contributed by atoms with Gasteiger partial charge in [-0.25, -0.2) is 9.78 Å². The van der Waals surface area contributed by atoms with Crippen molar-refractivity contribution in [3.05, 3.63) is 42.8 Å². The maximum absolute atomic E-state index is 12.3. The molecule has 0 saturated carbocycles. The molecule has 0 unspecified atom stereocenters. The summed E-state index contributed by atoms with van der Waals surface area (Å²) in [6, 6.07) is 9.14. The topological polar surface area (TPSA) is 80.9 Å². The molecule has 4 rings (SSSR count). The number of ether oxygens (including phenoxy) is 2. The second-order valence-electron chi connectivity index (χ2n) is 7.11. The van der Waals surface area contributed by atoms with Gasteiger partial charge in [0.15, 0.2) is 11.4 Å². The normalized spacial score (nSPS) is 11.3. The molecule has 9 heteroatoms. The van der Waals surface area contributed by atoms with E-state index in [0.29, 0.717) is 39.9 Å². The minimum atomic E-state index is -0.418. The van der Waals surface area contributed by atoms with Crippen LogP contribution in [0.5, 0.6) is 16.7 Å². The van der Waals surface area contributed by atoms with Gasteiger partial charge < -0.3 is 23.7 Å². The van der Waals surface area contributed by atoms with Gasteiger partial charge in [-0.2, -0.15) is 4.98 Å². The van der Waals surface area contributed by atoms with Crippen LogP contribution in [0, 0.1) is 0 Å². The molecule has 0 saturated heterocycles. The van der Waals surface area contributed by atoms with E-state index < -0.39 is 6.09 Å². The van der Waals surface area contributed by atoms with E-state index in [1.807, 2.05) is 26.2 Å². The van der Waals surface area contributed by atoms with E-state index in [-0.39, 0.29) is 0 Å². The molecular weight excluding hydrogens is 404 g/mol. The number of hydrogen-bond donors (Lipinski definition) is 0. The van der Waals surface area contributed by atoms with Crippen molar-refractivity contribution >= 4 is 38.7 Å². The number of amides is 1. The van der Waals surface area contributed by atoms with Crippen molar-refractivity contribution in [3.8, 4) is 16.7 Å². The third-order valence-corrected chi connectivity index (χ3v) is 5.36. The van der Waals surface area contributed by atoms with E-state index in [2.05, 4.69) is 14.9 Å². The minimum Gasteiger partial charge on any atom is -0.460 e. The van der Waals surface area contributed by atoms with Crippen molar-refractivity contribution in [2.24, 2.45) is 0 Å². The van der Waals surface area contributed by atoms with E-state index in [4.69, 9.17) is 13.9 Å². The Balaban J connectivity index is 1.43. The van der Waals surface area contributed by atoms with Crippen molar-refractivity contribution in [2.45, 2.75) is 6.42 Å². The first kappa shape index (κ1) is 20.1. The van der Waals surface area contributed by atoms with E-state index in [9.17, 15) is 4.79 Å². The number of rotatable bonds is 7. The molecule has 0 bridgehead atoms. The summed E-state index contributed by atoms with van der Waals surface area (Å²) in [6.45, 7) is 1.52. The van der Waals surface area contributed by atoms with Crippen LogP contribution in [-0.2, 0) is 0 Å². The van der Waals surface area contributed by atoms with E-state index in [1.54, 1.807) is 36.3 Å². The van der Waals surface area contributed by atoms with Gasteiger partial charge in [-0.1, -0.05) is 11.3 Å². The predicted molar refractivity (Wildman–Crippen MR) is 116 cm³/mol. The molecule has 0 aliphatic carbocycles. The zero-order chi connectivity index (χ0) is 21.1. The fourth-order valence-electron chi connectivity index (χ4n) is 2.91. The van der Waals surface area contributed by atoms with Gasteiger partial charge in [0.2, 0.25) is 0 Å². The summed E-state index contributed by atoms with van der Waals surface area (Å²) in [6.07, 6.45) is 3.58. The molecule has 0 atom stereocenters. The molecule has 3 aromatic heterocycles. The Morgan fingerprint density at radius 3 is 2.87 bits per heavy atom. The van der Waals surface area contributed by atoms with Crippen LogP contribution in [0.15, 0.2) is 47.2 Å². The number of furan rings is 1. The lowest BCUT2D eigenvalue weighted by molar-refractivity contribution is 0.161. The van der Waals surface area contributed by atoms with E-state index >= 15 is 0 Å². The van der Waals surface area contributed by atoms with Gasteiger partial charge >= 0.3 is 6.09 Å². The van der Waals surface area contributed by atoms with Crippen LogP contribution in [0.25, 0.3) is 21.3 Å². The number of fused-ring (bicyclic) bond motifs is 2. The van der Waals surface area contributed by atoms with Gasteiger partial charge in [0, 0.05) is 25.9 Å². The molecule has 0 N–H and O–H groups in total. The summed E-state index contributed by atoms with van der Waals surface area (Å²) in [7, 11) is 5.72. The minimum absolute atomic E-state index is 0.380. The van der Waals surface area contributed by atoms with Gasteiger partial charge in [0.1, 0.15) is 17.6 Å². The van der Waals surface area contributed by atoms with Crippen LogP contribution in [-0.4, -0.2) is 60.1 Å². The maximum Gasteiger partial charge on any atom is 0.415 e. The summed E-state index contributed by atoms with van der Waals surface area (Å²) in [4.78, 5) is 24.5. The average molecular weight is 426 g/mol. The number of pyridine rings is 1.